The number of carboxylic acid groups (broad SMARTS) is 1. The summed E-state index contributed by atoms with van der Waals surface area (Å²) in [5.74, 6) is -1.69. The second-order valence-electron chi connectivity index (χ2n) is 10.0. The third-order valence-electron chi connectivity index (χ3n) is 6.56. The summed E-state index contributed by atoms with van der Waals surface area (Å²) in [4.78, 5) is 38.4. The quantitative estimate of drug-likeness (QED) is 0.312. The molecule has 0 aliphatic carbocycles. The smallest absolute Gasteiger partial charge is 0.524 e. The highest BCUT2D eigenvalue weighted by atomic mass is 16.6. The first-order valence-electron chi connectivity index (χ1n) is 12.3. The van der Waals surface area contributed by atoms with Gasteiger partial charge in [-0.25, -0.2) is 4.79 Å². The third-order valence-corrected chi connectivity index (χ3v) is 6.56. The monoisotopic (exact) mass is 477 g/mol. The number of hydrogen-bond acceptors (Lipinski definition) is 5. The van der Waals surface area contributed by atoms with Gasteiger partial charge in [-0.1, -0.05) is 66.7 Å². The van der Waals surface area contributed by atoms with Crippen molar-refractivity contribution in [3.8, 4) is 0 Å². The maximum absolute atomic E-state index is 13.4. The van der Waals surface area contributed by atoms with Crippen molar-refractivity contribution < 1.29 is 28.7 Å². The first-order valence-corrected chi connectivity index (χ1v) is 12.3. The molecule has 6 heteroatoms. The Kier molecular flexibility index (Phi) is 8.28. The fourth-order valence-electron chi connectivity index (χ4n) is 4.82. The lowest BCUT2D eigenvalue weighted by Gasteiger charge is -2.34. The van der Waals surface area contributed by atoms with Crippen molar-refractivity contribution in [2.24, 2.45) is 0 Å². The Balaban J connectivity index is 1.77. The molecule has 2 aromatic carbocycles. The molecule has 0 radical (unpaired) electrons. The van der Waals surface area contributed by atoms with Crippen molar-refractivity contribution in [2.45, 2.75) is 70.9 Å². The lowest BCUT2D eigenvalue weighted by Crippen LogP contribution is -2.64. The highest BCUT2D eigenvalue weighted by Gasteiger charge is 2.59. The number of carbonyl (C=O) groups excluding carboxylic acids is 3. The van der Waals surface area contributed by atoms with E-state index in [1.807, 2.05) is 36.4 Å². The van der Waals surface area contributed by atoms with Crippen LogP contribution in [0.25, 0.3) is 0 Å². The predicted molar refractivity (Wildman–Crippen MR) is 132 cm³/mol. The molecule has 1 aliphatic heterocycles. The lowest BCUT2D eigenvalue weighted by molar-refractivity contribution is -0.792. The van der Waals surface area contributed by atoms with Crippen LogP contribution >= 0.6 is 0 Å². The molecule has 1 aliphatic rings. The Morgan fingerprint density at radius 1 is 1.06 bits per heavy atom. The topological polar surface area (TPSA) is 83.5 Å². The molecule has 0 aromatic heterocycles. The van der Waals surface area contributed by atoms with Crippen LogP contribution in [0.15, 0.2) is 72.3 Å². The van der Waals surface area contributed by atoms with Gasteiger partial charge in [0.25, 0.3) is 0 Å². The fraction of sp³-hybridized carbons (Fsp3) is 0.414. The van der Waals surface area contributed by atoms with Gasteiger partial charge >= 0.3 is 12.0 Å². The van der Waals surface area contributed by atoms with Crippen LogP contribution in [0.2, 0.25) is 0 Å². The number of carbonyl (C=O) groups is 3. The standard InChI is InChI=1S/C29H35NO5/c1-5-30(28(34)35-29(2,3)4)25(27(32)33)20-23(26(30)31)18-12-13-19-24(21-14-8-6-9-15-21)22-16-10-7-11-17-22/h6-11,14-18,24-25H,5,12-13,19-20H2,1-4H3/b23-18+/t25-,30?/m0/s1. The maximum Gasteiger partial charge on any atom is 0.524 e. The van der Waals surface area contributed by atoms with Gasteiger partial charge in [0.1, 0.15) is 11.6 Å². The van der Waals surface area contributed by atoms with Gasteiger partial charge in [0.15, 0.2) is 6.04 Å². The van der Waals surface area contributed by atoms with E-state index in [0.717, 1.165) is 12.8 Å². The zero-order valence-electron chi connectivity index (χ0n) is 21.0. The Labute approximate surface area is 207 Å². The molecule has 1 unspecified atom stereocenters. The van der Waals surface area contributed by atoms with E-state index in [9.17, 15) is 19.5 Å². The third kappa shape index (κ3) is 5.88. The van der Waals surface area contributed by atoms with Crippen LogP contribution in [-0.4, -0.2) is 40.6 Å². The molecular weight excluding hydrogens is 442 g/mol. The van der Waals surface area contributed by atoms with Crippen molar-refractivity contribution in [3.63, 3.8) is 0 Å². The van der Waals surface area contributed by atoms with Crippen molar-refractivity contribution in [3.05, 3.63) is 83.4 Å². The molecule has 1 saturated heterocycles. The Bertz CT molecular complexity index is 1030. The molecule has 0 spiro atoms. The van der Waals surface area contributed by atoms with E-state index in [4.69, 9.17) is 4.74 Å². The number of likely N-dealkylation sites (N-methyl/N-ethyl adjacent to an activating group) is 1. The van der Waals surface area contributed by atoms with Crippen LogP contribution < -0.4 is 5.11 Å². The van der Waals surface area contributed by atoms with Crippen LogP contribution in [0, 0.1) is 0 Å². The summed E-state index contributed by atoms with van der Waals surface area (Å²) < 4.78 is 4.58. The van der Waals surface area contributed by atoms with E-state index in [0.29, 0.717) is 12.0 Å². The number of carboxylic acids is 1. The minimum atomic E-state index is -1.41. The van der Waals surface area contributed by atoms with Gasteiger partial charge in [-0.3, -0.25) is 0 Å². The number of quaternary nitrogens is 1. The van der Waals surface area contributed by atoms with Crippen LogP contribution in [0.1, 0.15) is 70.4 Å². The van der Waals surface area contributed by atoms with E-state index >= 15 is 0 Å². The average molecular weight is 478 g/mol. The number of ether oxygens (including phenoxy) is 1. The van der Waals surface area contributed by atoms with Crippen molar-refractivity contribution in [1.29, 1.82) is 0 Å². The van der Waals surface area contributed by atoms with E-state index in [1.165, 1.54) is 11.1 Å². The van der Waals surface area contributed by atoms with Crippen LogP contribution in [0.4, 0.5) is 4.79 Å². The zero-order valence-corrected chi connectivity index (χ0v) is 21.0. The van der Waals surface area contributed by atoms with E-state index in [2.05, 4.69) is 24.3 Å². The number of aliphatic carboxylic acids is 1. The molecule has 0 bridgehead atoms. The Morgan fingerprint density at radius 3 is 2.06 bits per heavy atom. The predicted octanol–water partition coefficient (Wildman–Crippen LogP) is 4.74. The molecular formula is C29H35NO5. The molecule has 35 heavy (non-hydrogen) atoms. The van der Waals surface area contributed by atoms with Crippen LogP contribution in [0.3, 0.4) is 0 Å². The number of unbranched alkanes of at least 4 members (excludes halogenated alkanes) is 1. The van der Waals surface area contributed by atoms with Crippen LogP contribution in [0.5, 0.6) is 0 Å². The van der Waals surface area contributed by atoms with Gasteiger partial charge in [-0.2, -0.15) is 4.79 Å². The lowest BCUT2D eigenvalue weighted by atomic mass is 9.87. The molecule has 6 nitrogen and oxygen atoms in total. The molecule has 0 saturated carbocycles. The SMILES string of the molecule is CC[N+]1(C(=O)OC(C)(C)C)C(=O)/C(=C/CCCC(c2ccccc2)c2ccccc2)C[C@H]1C(=O)[O-]. The van der Waals surface area contributed by atoms with Gasteiger partial charge in [-0.15, -0.1) is 4.48 Å². The molecule has 2 atom stereocenters. The van der Waals surface area contributed by atoms with Gasteiger partial charge in [0.05, 0.1) is 12.1 Å². The first kappa shape index (κ1) is 26.4. The number of likely N-dealkylation sites (tertiary alicyclic amines) is 1. The Hall–Kier alpha value is -3.25. The molecule has 1 fully saturated rings. The largest absolute Gasteiger partial charge is 0.544 e. The average Bonchev–Trinajstić information content (AvgIpc) is 3.12. The van der Waals surface area contributed by atoms with Crippen LogP contribution in [-0.2, 0) is 14.3 Å². The van der Waals surface area contributed by atoms with Crippen molar-refractivity contribution in [2.75, 3.05) is 6.54 Å². The minimum Gasteiger partial charge on any atom is -0.544 e. The van der Waals surface area contributed by atoms with E-state index in [-0.39, 0.29) is 18.9 Å². The molecule has 2 amide bonds. The van der Waals surface area contributed by atoms with Gasteiger partial charge < -0.3 is 14.6 Å². The molecule has 186 valence electrons. The molecule has 3 rings (SSSR count). The zero-order chi connectivity index (χ0) is 25.6. The number of nitrogens with zero attached hydrogens (tertiary/aromatic N) is 1. The van der Waals surface area contributed by atoms with E-state index in [1.54, 1.807) is 33.8 Å². The summed E-state index contributed by atoms with van der Waals surface area (Å²) in [7, 11) is 0. The molecule has 1 heterocycles. The summed E-state index contributed by atoms with van der Waals surface area (Å²) in [5, 5.41) is 12.0. The number of benzene rings is 2. The summed E-state index contributed by atoms with van der Waals surface area (Å²) in [5.41, 5.74) is 1.98. The second kappa shape index (κ2) is 11.0. The first-order chi connectivity index (χ1) is 16.6. The summed E-state index contributed by atoms with van der Waals surface area (Å²) in [6.45, 7) is 6.70. The Morgan fingerprint density at radius 2 is 1.60 bits per heavy atom. The second-order valence-corrected chi connectivity index (χ2v) is 10.0. The number of imide groups is 1. The van der Waals surface area contributed by atoms with Crippen molar-refractivity contribution >= 4 is 18.0 Å². The molecule has 0 N–H and O–H groups in total. The highest BCUT2D eigenvalue weighted by molar-refractivity contribution is 5.99. The fourth-order valence-corrected chi connectivity index (χ4v) is 4.82. The van der Waals surface area contributed by atoms with Crippen molar-refractivity contribution in [1.82, 2.24) is 0 Å². The summed E-state index contributed by atoms with van der Waals surface area (Å²) in [6.07, 6.45) is 3.21. The summed E-state index contributed by atoms with van der Waals surface area (Å²) >= 11 is 0. The van der Waals surface area contributed by atoms with Gasteiger partial charge in [-0.05, 0) is 58.1 Å². The van der Waals surface area contributed by atoms with Gasteiger partial charge in [0.2, 0.25) is 0 Å². The highest BCUT2D eigenvalue weighted by Crippen LogP contribution is 2.36. The number of allylic oxidation sites excluding steroid dienone is 1. The van der Waals surface area contributed by atoms with E-state index < -0.39 is 34.1 Å². The summed E-state index contributed by atoms with van der Waals surface area (Å²) in [6, 6.07) is 19.3. The normalized spacial score (nSPS) is 21.5. The minimum absolute atomic E-state index is 0.00613. The van der Waals surface area contributed by atoms with Gasteiger partial charge in [0, 0.05) is 12.3 Å². The number of hydrogen-bond donors (Lipinski definition) is 0. The molecule has 2 aromatic rings. The maximum atomic E-state index is 13.4. The number of amides is 2. The number of rotatable bonds is 8.